The lowest BCUT2D eigenvalue weighted by Gasteiger charge is -2.22. The molecule has 3 N–H and O–H groups in total. The van der Waals surface area contributed by atoms with Crippen molar-refractivity contribution >= 4 is 17.4 Å². The van der Waals surface area contributed by atoms with E-state index in [4.69, 9.17) is 5.21 Å². The zero-order valence-corrected chi connectivity index (χ0v) is 21.7. The van der Waals surface area contributed by atoms with E-state index < -0.39 is 29.5 Å². The van der Waals surface area contributed by atoms with E-state index in [9.17, 15) is 18.4 Å². The van der Waals surface area contributed by atoms with Gasteiger partial charge in [-0.15, -0.1) is 15.3 Å². The Hall–Kier alpha value is -4.33. The number of nitrogens with one attached hydrogen (secondary N) is 2. The van der Waals surface area contributed by atoms with Gasteiger partial charge in [-0.05, 0) is 62.9 Å². The average Bonchev–Trinajstić information content (AvgIpc) is 3.59. The molecule has 1 aliphatic carbocycles. The highest BCUT2D eigenvalue weighted by atomic mass is 19.2. The van der Waals surface area contributed by atoms with Crippen molar-refractivity contribution in [3.8, 4) is 0 Å². The number of hydroxylamine groups is 1. The van der Waals surface area contributed by atoms with Crippen molar-refractivity contribution in [3.05, 3.63) is 71.3 Å². The quantitative estimate of drug-likeness (QED) is 0.276. The number of aromatic nitrogens is 7. The zero-order chi connectivity index (χ0) is 28.2. The molecule has 206 valence electrons. The van der Waals surface area contributed by atoms with Gasteiger partial charge in [0.15, 0.2) is 11.6 Å². The van der Waals surface area contributed by atoms with Crippen molar-refractivity contribution in [2.24, 2.45) is 5.92 Å². The molecule has 4 rings (SSSR count). The van der Waals surface area contributed by atoms with Crippen molar-refractivity contribution < 1.29 is 23.6 Å². The van der Waals surface area contributed by atoms with Gasteiger partial charge >= 0.3 is 0 Å². The van der Waals surface area contributed by atoms with Gasteiger partial charge in [-0.2, -0.15) is 4.80 Å². The Morgan fingerprint density at radius 2 is 1.97 bits per heavy atom. The van der Waals surface area contributed by atoms with Crippen LogP contribution in [0.25, 0.3) is 5.57 Å². The minimum Gasteiger partial charge on any atom is -0.346 e. The smallest absolute Gasteiger partial charge is 0.251 e. The average molecular weight is 542 g/mol. The van der Waals surface area contributed by atoms with Gasteiger partial charge in [0, 0.05) is 11.1 Å². The number of tetrazole rings is 1. The third-order valence-corrected chi connectivity index (χ3v) is 6.12. The van der Waals surface area contributed by atoms with E-state index in [0.29, 0.717) is 24.4 Å². The molecule has 14 heteroatoms. The van der Waals surface area contributed by atoms with Crippen LogP contribution in [-0.2, 0) is 16.9 Å². The van der Waals surface area contributed by atoms with Crippen LogP contribution in [-0.4, -0.2) is 52.2 Å². The van der Waals surface area contributed by atoms with Crippen LogP contribution in [0, 0.1) is 17.6 Å². The molecule has 2 aromatic heterocycles. The first-order valence-electron chi connectivity index (χ1n) is 12.3. The van der Waals surface area contributed by atoms with Gasteiger partial charge in [0.05, 0.1) is 30.7 Å². The van der Waals surface area contributed by atoms with Crippen molar-refractivity contribution in [3.63, 3.8) is 0 Å². The summed E-state index contributed by atoms with van der Waals surface area (Å²) >= 11 is 0. The minimum absolute atomic E-state index is 0.0194. The summed E-state index contributed by atoms with van der Waals surface area (Å²) < 4.78 is 28.1. The Morgan fingerprint density at radius 3 is 2.62 bits per heavy atom. The maximum Gasteiger partial charge on any atom is 0.251 e. The molecule has 1 unspecified atom stereocenters. The van der Waals surface area contributed by atoms with Crippen LogP contribution in [0.15, 0.2) is 42.6 Å². The first-order chi connectivity index (χ1) is 18.5. The van der Waals surface area contributed by atoms with Gasteiger partial charge in [-0.1, -0.05) is 23.4 Å². The number of nitrogens with zero attached hydrogens (tertiary/aromatic N) is 7. The fraction of sp³-hybridized carbons (Fsp3) is 0.400. The molecular formula is C25H29F2N9O3. The SMILES string of the molecule is CC(C)(C)n1nnc(C2=CCC(C[C@H](CC(=O)NO)n3cc(CNC(=O)c4ccc(F)c(F)c4)nn3)C=C2)n1. The summed E-state index contributed by atoms with van der Waals surface area (Å²) in [6.07, 6.45) is 8.66. The molecular weight excluding hydrogens is 512 g/mol. The van der Waals surface area contributed by atoms with E-state index in [1.807, 2.05) is 39.0 Å². The molecule has 1 aliphatic rings. The predicted octanol–water partition coefficient (Wildman–Crippen LogP) is 2.71. The summed E-state index contributed by atoms with van der Waals surface area (Å²) in [6.45, 7) is 5.93. The molecule has 39 heavy (non-hydrogen) atoms. The van der Waals surface area contributed by atoms with Crippen LogP contribution >= 0.6 is 0 Å². The number of hydrogen-bond donors (Lipinski definition) is 3. The van der Waals surface area contributed by atoms with Gasteiger partial charge < -0.3 is 5.32 Å². The number of amides is 2. The van der Waals surface area contributed by atoms with Crippen LogP contribution in [0.5, 0.6) is 0 Å². The van der Waals surface area contributed by atoms with Crippen molar-refractivity contribution in [2.45, 2.75) is 58.2 Å². The van der Waals surface area contributed by atoms with Crippen LogP contribution in [0.1, 0.15) is 68.0 Å². The lowest BCUT2D eigenvalue weighted by atomic mass is 9.89. The number of carbonyl (C=O) groups is 2. The zero-order valence-electron chi connectivity index (χ0n) is 21.7. The summed E-state index contributed by atoms with van der Waals surface area (Å²) in [5, 5.41) is 32.5. The highest BCUT2D eigenvalue weighted by Crippen LogP contribution is 2.30. The van der Waals surface area contributed by atoms with E-state index in [1.54, 1.807) is 16.5 Å². The van der Waals surface area contributed by atoms with Gasteiger partial charge in [-0.25, -0.2) is 18.9 Å². The maximum absolute atomic E-state index is 13.4. The predicted molar refractivity (Wildman–Crippen MR) is 134 cm³/mol. The molecule has 3 aromatic rings. The molecule has 0 aliphatic heterocycles. The van der Waals surface area contributed by atoms with Gasteiger partial charge in [-0.3, -0.25) is 14.8 Å². The first-order valence-corrected chi connectivity index (χ1v) is 12.3. The van der Waals surface area contributed by atoms with Crippen LogP contribution < -0.4 is 10.8 Å². The summed E-state index contributed by atoms with van der Waals surface area (Å²) in [5.74, 6) is -2.76. The van der Waals surface area contributed by atoms with Crippen molar-refractivity contribution in [1.82, 2.24) is 46.0 Å². The molecule has 0 bridgehead atoms. The molecule has 12 nitrogen and oxygen atoms in total. The van der Waals surface area contributed by atoms with Crippen LogP contribution in [0.2, 0.25) is 0 Å². The fourth-order valence-electron chi connectivity index (χ4n) is 4.00. The van der Waals surface area contributed by atoms with E-state index >= 15 is 0 Å². The number of carbonyl (C=O) groups excluding carboxylic acids is 2. The first kappa shape index (κ1) is 27.7. The molecule has 0 saturated carbocycles. The maximum atomic E-state index is 13.4. The number of hydrogen-bond acceptors (Lipinski definition) is 8. The molecule has 2 heterocycles. The largest absolute Gasteiger partial charge is 0.346 e. The summed E-state index contributed by atoms with van der Waals surface area (Å²) in [7, 11) is 0. The standard InChI is InChI=1S/C25H29F2N9O3/c1-25(2,3)36-31-23(30-34-36)16-6-4-15(5-7-16)10-19(12-22(37)32-39)35-14-18(29-33-35)13-28-24(38)17-8-9-20(26)21(27)11-17/h4,6-9,11,14-15,19,39H,5,10,12-13H2,1-3H3,(H,28,38)(H,32,37)/t15?,19-/m1/s1. The molecule has 0 spiro atoms. The normalized spacial score (nSPS) is 16.1. The number of allylic oxidation sites excluding steroid dienone is 4. The third kappa shape index (κ3) is 6.96. The molecule has 0 fully saturated rings. The van der Waals surface area contributed by atoms with Crippen molar-refractivity contribution in [2.75, 3.05) is 0 Å². The highest BCUT2D eigenvalue weighted by Gasteiger charge is 2.24. The molecule has 1 aromatic carbocycles. The van der Waals surface area contributed by atoms with Crippen LogP contribution in [0.4, 0.5) is 8.78 Å². The monoisotopic (exact) mass is 541 g/mol. The molecule has 2 atom stereocenters. The van der Waals surface area contributed by atoms with Gasteiger partial charge in [0.1, 0.15) is 5.69 Å². The fourth-order valence-corrected chi connectivity index (χ4v) is 4.00. The lowest BCUT2D eigenvalue weighted by molar-refractivity contribution is -0.130. The second kappa shape index (κ2) is 11.6. The van der Waals surface area contributed by atoms with E-state index in [1.165, 1.54) is 10.7 Å². The number of halogens is 2. The second-order valence-electron chi connectivity index (χ2n) is 10.2. The Balaban J connectivity index is 1.39. The molecule has 0 saturated heterocycles. The van der Waals surface area contributed by atoms with E-state index in [2.05, 4.69) is 31.0 Å². The lowest BCUT2D eigenvalue weighted by Crippen LogP contribution is -2.25. The van der Waals surface area contributed by atoms with Crippen LogP contribution in [0.3, 0.4) is 0 Å². The highest BCUT2D eigenvalue weighted by molar-refractivity contribution is 5.94. The van der Waals surface area contributed by atoms with E-state index in [-0.39, 0.29) is 30.0 Å². The number of rotatable bonds is 9. The summed E-state index contributed by atoms with van der Waals surface area (Å²) in [4.78, 5) is 25.8. The molecule has 0 radical (unpaired) electrons. The van der Waals surface area contributed by atoms with Gasteiger partial charge in [0.25, 0.3) is 5.91 Å². The summed E-state index contributed by atoms with van der Waals surface area (Å²) in [6, 6.07) is 2.42. The Bertz CT molecular complexity index is 1410. The molecule has 2 amide bonds. The Morgan fingerprint density at radius 1 is 1.18 bits per heavy atom. The Labute approximate surface area is 222 Å². The van der Waals surface area contributed by atoms with E-state index in [0.717, 1.165) is 17.7 Å². The minimum atomic E-state index is -1.12. The van der Waals surface area contributed by atoms with Gasteiger partial charge in [0.2, 0.25) is 11.7 Å². The Kier molecular flexibility index (Phi) is 8.24. The third-order valence-electron chi connectivity index (χ3n) is 6.12. The van der Waals surface area contributed by atoms with Crippen molar-refractivity contribution in [1.29, 1.82) is 0 Å². The topological polar surface area (TPSA) is 153 Å². The second-order valence-corrected chi connectivity index (χ2v) is 10.2. The summed E-state index contributed by atoms with van der Waals surface area (Å²) in [5.41, 5.74) is 2.58. The number of benzene rings is 1.